The standard InChI is InChI=1S/C16H25NO4/c1-2-19-10-11-20-12-13-21-16(18)8-9-17-14-15-6-4-3-5-7-15/h3-7,17H,2,8-14H2,1H3. The molecule has 0 heterocycles. The van der Waals surface area contributed by atoms with Crippen molar-refractivity contribution in [2.24, 2.45) is 0 Å². The van der Waals surface area contributed by atoms with E-state index in [1.54, 1.807) is 0 Å². The van der Waals surface area contributed by atoms with Gasteiger partial charge in [0, 0.05) is 19.7 Å². The van der Waals surface area contributed by atoms with Crippen LogP contribution in [0.15, 0.2) is 30.3 Å². The smallest absolute Gasteiger partial charge is 0.307 e. The maximum atomic E-state index is 11.4. The molecule has 118 valence electrons. The fourth-order valence-corrected chi connectivity index (χ4v) is 1.67. The van der Waals surface area contributed by atoms with E-state index in [9.17, 15) is 4.79 Å². The monoisotopic (exact) mass is 295 g/mol. The number of hydrogen-bond acceptors (Lipinski definition) is 5. The van der Waals surface area contributed by atoms with E-state index in [0.29, 0.717) is 46.0 Å². The van der Waals surface area contributed by atoms with Gasteiger partial charge in [0.2, 0.25) is 0 Å². The zero-order valence-corrected chi connectivity index (χ0v) is 12.7. The molecule has 0 aliphatic carbocycles. The highest BCUT2D eigenvalue weighted by Crippen LogP contribution is 1.97. The molecule has 1 rings (SSSR count). The van der Waals surface area contributed by atoms with E-state index >= 15 is 0 Å². The number of nitrogens with one attached hydrogen (secondary N) is 1. The Morgan fingerprint density at radius 1 is 1.05 bits per heavy atom. The molecule has 0 spiro atoms. The first-order chi connectivity index (χ1) is 10.3. The summed E-state index contributed by atoms with van der Waals surface area (Å²) in [6.45, 7) is 5.81. The Morgan fingerprint density at radius 3 is 2.52 bits per heavy atom. The minimum absolute atomic E-state index is 0.205. The molecule has 0 aliphatic rings. The minimum atomic E-state index is -0.205. The highest BCUT2D eigenvalue weighted by molar-refractivity contribution is 5.69. The van der Waals surface area contributed by atoms with Gasteiger partial charge in [-0.3, -0.25) is 4.79 Å². The summed E-state index contributed by atoms with van der Waals surface area (Å²) < 4.78 is 15.4. The van der Waals surface area contributed by atoms with Crippen LogP contribution in [0, 0.1) is 0 Å². The Hall–Kier alpha value is -1.43. The third kappa shape index (κ3) is 10.0. The maximum Gasteiger partial charge on any atom is 0.307 e. The molecule has 0 aromatic heterocycles. The van der Waals surface area contributed by atoms with E-state index in [-0.39, 0.29) is 5.97 Å². The van der Waals surface area contributed by atoms with Crippen molar-refractivity contribution in [1.82, 2.24) is 5.32 Å². The van der Waals surface area contributed by atoms with Crippen LogP contribution in [-0.4, -0.2) is 45.5 Å². The highest BCUT2D eigenvalue weighted by atomic mass is 16.6. The van der Waals surface area contributed by atoms with Gasteiger partial charge in [-0.15, -0.1) is 0 Å². The van der Waals surface area contributed by atoms with Crippen molar-refractivity contribution >= 4 is 5.97 Å². The molecule has 0 bridgehead atoms. The topological polar surface area (TPSA) is 56.8 Å². The van der Waals surface area contributed by atoms with Gasteiger partial charge >= 0.3 is 5.97 Å². The van der Waals surface area contributed by atoms with Gasteiger partial charge in [0.1, 0.15) is 6.61 Å². The van der Waals surface area contributed by atoms with Crippen LogP contribution in [0.1, 0.15) is 18.9 Å². The lowest BCUT2D eigenvalue weighted by Gasteiger charge is -2.07. The van der Waals surface area contributed by atoms with Crippen LogP contribution in [0.4, 0.5) is 0 Å². The normalized spacial score (nSPS) is 10.5. The molecule has 5 heteroatoms. The second-order valence-electron chi connectivity index (χ2n) is 4.44. The van der Waals surface area contributed by atoms with Crippen molar-refractivity contribution in [3.63, 3.8) is 0 Å². The summed E-state index contributed by atoms with van der Waals surface area (Å²) in [4.78, 5) is 11.4. The van der Waals surface area contributed by atoms with Gasteiger partial charge in [-0.2, -0.15) is 0 Å². The summed E-state index contributed by atoms with van der Waals surface area (Å²) in [6, 6.07) is 10.1. The van der Waals surface area contributed by atoms with E-state index in [2.05, 4.69) is 5.32 Å². The molecule has 0 aliphatic heterocycles. The molecule has 0 amide bonds. The lowest BCUT2D eigenvalue weighted by molar-refractivity contribution is -0.145. The SMILES string of the molecule is CCOCCOCCOC(=O)CCNCc1ccccc1. The first-order valence-electron chi connectivity index (χ1n) is 7.38. The van der Waals surface area contributed by atoms with Crippen LogP contribution < -0.4 is 5.32 Å². The fraction of sp³-hybridized carbons (Fsp3) is 0.562. The first kappa shape index (κ1) is 17.6. The van der Waals surface area contributed by atoms with Gasteiger partial charge in [0.15, 0.2) is 0 Å². The summed E-state index contributed by atoms with van der Waals surface area (Å²) in [5.74, 6) is -0.205. The van der Waals surface area contributed by atoms with Crippen molar-refractivity contribution < 1.29 is 19.0 Å². The molecule has 1 N–H and O–H groups in total. The molecule has 0 radical (unpaired) electrons. The molecule has 0 atom stereocenters. The third-order valence-corrected chi connectivity index (χ3v) is 2.74. The average molecular weight is 295 g/mol. The van der Waals surface area contributed by atoms with Crippen molar-refractivity contribution in [1.29, 1.82) is 0 Å². The molecule has 5 nitrogen and oxygen atoms in total. The summed E-state index contributed by atoms with van der Waals surface area (Å²) in [5, 5.41) is 3.21. The predicted molar refractivity (Wildman–Crippen MR) is 81.0 cm³/mol. The van der Waals surface area contributed by atoms with Crippen LogP contribution in [0.3, 0.4) is 0 Å². The van der Waals surface area contributed by atoms with Crippen molar-refractivity contribution in [2.45, 2.75) is 19.9 Å². The number of esters is 1. The average Bonchev–Trinajstić information content (AvgIpc) is 2.52. The Labute approximate surface area is 126 Å². The number of carbonyl (C=O) groups is 1. The number of ether oxygens (including phenoxy) is 3. The Balaban J connectivity index is 1.90. The van der Waals surface area contributed by atoms with Crippen molar-refractivity contribution in [3.8, 4) is 0 Å². The summed E-state index contributed by atoms with van der Waals surface area (Å²) in [5.41, 5.74) is 1.20. The molecule has 21 heavy (non-hydrogen) atoms. The lowest BCUT2D eigenvalue weighted by atomic mass is 10.2. The largest absolute Gasteiger partial charge is 0.463 e. The Kier molecular flexibility index (Phi) is 10.3. The number of rotatable bonds is 12. The van der Waals surface area contributed by atoms with Gasteiger partial charge in [0.05, 0.1) is 26.2 Å². The number of hydrogen-bond donors (Lipinski definition) is 1. The number of benzene rings is 1. The van der Waals surface area contributed by atoms with Gasteiger partial charge in [-0.05, 0) is 12.5 Å². The summed E-state index contributed by atoms with van der Waals surface area (Å²) >= 11 is 0. The molecule has 0 fully saturated rings. The van der Waals surface area contributed by atoms with Crippen LogP contribution in [0.2, 0.25) is 0 Å². The lowest BCUT2D eigenvalue weighted by Crippen LogP contribution is -2.20. The van der Waals surface area contributed by atoms with Crippen LogP contribution >= 0.6 is 0 Å². The van der Waals surface area contributed by atoms with Crippen molar-refractivity contribution in [3.05, 3.63) is 35.9 Å². The van der Waals surface area contributed by atoms with Crippen LogP contribution in [-0.2, 0) is 25.5 Å². The summed E-state index contributed by atoms with van der Waals surface area (Å²) in [7, 11) is 0. The second-order valence-corrected chi connectivity index (χ2v) is 4.44. The third-order valence-electron chi connectivity index (χ3n) is 2.74. The fourth-order valence-electron chi connectivity index (χ4n) is 1.67. The van der Waals surface area contributed by atoms with Crippen LogP contribution in [0.5, 0.6) is 0 Å². The highest BCUT2D eigenvalue weighted by Gasteiger charge is 2.02. The van der Waals surface area contributed by atoms with Gasteiger partial charge in [-0.1, -0.05) is 30.3 Å². The van der Waals surface area contributed by atoms with Crippen molar-refractivity contribution in [2.75, 3.05) is 39.6 Å². The molecule has 0 saturated heterocycles. The molecule has 1 aromatic rings. The molecule has 0 unspecified atom stereocenters. The van der Waals surface area contributed by atoms with E-state index in [0.717, 1.165) is 6.54 Å². The Morgan fingerprint density at radius 2 is 1.76 bits per heavy atom. The zero-order valence-electron chi connectivity index (χ0n) is 12.7. The van der Waals surface area contributed by atoms with Gasteiger partial charge in [0.25, 0.3) is 0 Å². The maximum absolute atomic E-state index is 11.4. The van der Waals surface area contributed by atoms with E-state index < -0.39 is 0 Å². The second kappa shape index (κ2) is 12.3. The molecule has 0 saturated carbocycles. The quantitative estimate of drug-likeness (QED) is 0.470. The summed E-state index contributed by atoms with van der Waals surface area (Å²) in [6.07, 6.45) is 0.367. The van der Waals surface area contributed by atoms with Gasteiger partial charge < -0.3 is 19.5 Å². The predicted octanol–water partition coefficient (Wildman–Crippen LogP) is 1.76. The molecular formula is C16H25NO4. The molecular weight excluding hydrogens is 270 g/mol. The molecule has 1 aromatic carbocycles. The minimum Gasteiger partial charge on any atom is -0.463 e. The van der Waals surface area contributed by atoms with Gasteiger partial charge in [-0.25, -0.2) is 0 Å². The van der Waals surface area contributed by atoms with E-state index in [1.807, 2.05) is 37.3 Å². The first-order valence-corrected chi connectivity index (χ1v) is 7.38. The number of carbonyl (C=O) groups excluding carboxylic acids is 1. The Bertz CT molecular complexity index is 370. The van der Waals surface area contributed by atoms with E-state index in [4.69, 9.17) is 14.2 Å². The van der Waals surface area contributed by atoms with Crippen LogP contribution in [0.25, 0.3) is 0 Å². The van der Waals surface area contributed by atoms with E-state index in [1.165, 1.54) is 5.56 Å². The zero-order chi connectivity index (χ0) is 15.2.